The van der Waals surface area contributed by atoms with Crippen molar-refractivity contribution in [1.82, 2.24) is 0 Å². The van der Waals surface area contributed by atoms with Crippen molar-refractivity contribution in [2.45, 2.75) is 13.3 Å². The number of nitrogens with one attached hydrogen (secondary N) is 1. The summed E-state index contributed by atoms with van der Waals surface area (Å²) in [5.74, 6) is 2.12. The maximum absolute atomic E-state index is 12.1. The molecule has 2 aromatic carbocycles. The molecule has 6 nitrogen and oxygen atoms in total. The number of benzene rings is 2. The van der Waals surface area contributed by atoms with Gasteiger partial charge in [0.05, 0.1) is 37.3 Å². The number of anilines is 1. The maximum Gasteiger partial charge on any atom is 0.337 e. The van der Waals surface area contributed by atoms with Gasteiger partial charge in [-0.15, -0.1) is 0 Å². The SMILES string of the molecule is CCOc1ccccc1NC(=O)CSCCCOc1ccc(C(=O)OC)cc1. The molecule has 0 aliphatic carbocycles. The summed E-state index contributed by atoms with van der Waals surface area (Å²) >= 11 is 1.55. The van der Waals surface area contributed by atoms with Crippen molar-refractivity contribution < 1.29 is 23.8 Å². The predicted molar refractivity (Wildman–Crippen MR) is 111 cm³/mol. The van der Waals surface area contributed by atoms with E-state index < -0.39 is 0 Å². The quantitative estimate of drug-likeness (QED) is 0.451. The molecule has 1 N–H and O–H groups in total. The zero-order chi connectivity index (χ0) is 20.2. The molecule has 150 valence electrons. The average molecular weight is 404 g/mol. The van der Waals surface area contributed by atoms with Crippen LogP contribution in [0, 0.1) is 0 Å². The Labute approximate surface area is 169 Å². The molecule has 0 aliphatic heterocycles. The second-order valence-corrected chi connectivity index (χ2v) is 6.85. The van der Waals surface area contributed by atoms with Gasteiger partial charge >= 0.3 is 5.97 Å². The van der Waals surface area contributed by atoms with Crippen LogP contribution >= 0.6 is 11.8 Å². The third kappa shape index (κ3) is 7.15. The summed E-state index contributed by atoms with van der Waals surface area (Å²) < 4.78 is 15.8. The van der Waals surface area contributed by atoms with E-state index in [1.165, 1.54) is 7.11 Å². The summed E-state index contributed by atoms with van der Waals surface area (Å²) in [7, 11) is 1.35. The Hall–Kier alpha value is -2.67. The molecule has 2 aromatic rings. The molecule has 2 rings (SSSR count). The van der Waals surface area contributed by atoms with Crippen LogP contribution in [-0.4, -0.2) is 43.7 Å². The van der Waals surface area contributed by atoms with Crippen molar-refractivity contribution in [3.63, 3.8) is 0 Å². The van der Waals surface area contributed by atoms with Crippen molar-refractivity contribution in [3.8, 4) is 11.5 Å². The van der Waals surface area contributed by atoms with Crippen LogP contribution in [0.2, 0.25) is 0 Å². The van der Waals surface area contributed by atoms with Crippen LogP contribution in [0.25, 0.3) is 0 Å². The van der Waals surface area contributed by atoms with Crippen LogP contribution < -0.4 is 14.8 Å². The minimum absolute atomic E-state index is 0.0588. The van der Waals surface area contributed by atoms with Crippen LogP contribution in [0.15, 0.2) is 48.5 Å². The standard InChI is InChI=1S/C21H25NO5S/c1-3-26-19-8-5-4-7-18(19)22-20(23)15-28-14-6-13-27-17-11-9-16(10-12-17)21(24)25-2/h4-5,7-12H,3,6,13-15H2,1-2H3,(H,22,23). The second kappa shape index (κ2) is 11.9. The van der Waals surface area contributed by atoms with Crippen LogP contribution in [0.5, 0.6) is 11.5 Å². The van der Waals surface area contributed by atoms with Crippen LogP contribution in [0.3, 0.4) is 0 Å². The number of hydrogen-bond donors (Lipinski definition) is 1. The van der Waals surface area contributed by atoms with Gasteiger partial charge in [-0.1, -0.05) is 12.1 Å². The van der Waals surface area contributed by atoms with Gasteiger partial charge in [0.25, 0.3) is 0 Å². The monoisotopic (exact) mass is 403 g/mol. The van der Waals surface area contributed by atoms with Gasteiger partial charge in [0.15, 0.2) is 0 Å². The number of hydrogen-bond acceptors (Lipinski definition) is 6. The van der Waals surface area contributed by atoms with Gasteiger partial charge in [-0.3, -0.25) is 4.79 Å². The normalized spacial score (nSPS) is 10.2. The first-order chi connectivity index (χ1) is 13.6. The highest BCUT2D eigenvalue weighted by atomic mass is 32.2. The second-order valence-electron chi connectivity index (χ2n) is 5.75. The summed E-state index contributed by atoms with van der Waals surface area (Å²) in [6, 6.07) is 14.2. The van der Waals surface area contributed by atoms with Crippen molar-refractivity contribution in [1.29, 1.82) is 0 Å². The average Bonchev–Trinajstić information content (AvgIpc) is 2.72. The molecule has 1 amide bonds. The molecule has 0 atom stereocenters. The molecular weight excluding hydrogens is 378 g/mol. The van der Waals surface area contributed by atoms with Gasteiger partial charge in [0.2, 0.25) is 5.91 Å². The van der Waals surface area contributed by atoms with Crippen LogP contribution in [0.1, 0.15) is 23.7 Å². The van der Waals surface area contributed by atoms with Gasteiger partial charge in [-0.05, 0) is 55.5 Å². The molecule has 0 spiro atoms. The highest BCUT2D eigenvalue weighted by Crippen LogP contribution is 2.23. The molecule has 0 unspecified atom stereocenters. The summed E-state index contributed by atoms with van der Waals surface area (Å²) in [5, 5.41) is 2.88. The van der Waals surface area contributed by atoms with Gasteiger partial charge in [0.1, 0.15) is 11.5 Å². The molecule has 28 heavy (non-hydrogen) atoms. The third-order valence-electron chi connectivity index (χ3n) is 3.67. The lowest BCUT2D eigenvalue weighted by Crippen LogP contribution is -2.15. The van der Waals surface area contributed by atoms with Gasteiger partial charge < -0.3 is 19.5 Å². The Balaban J connectivity index is 1.62. The third-order valence-corrected chi connectivity index (χ3v) is 4.71. The predicted octanol–water partition coefficient (Wildman–Crippen LogP) is 4.01. The van der Waals surface area contributed by atoms with E-state index >= 15 is 0 Å². The number of para-hydroxylation sites is 2. The number of rotatable bonds is 11. The van der Waals surface area contributed by atoms with Crippen LogP contribution in [0.4, 0.5) is 5.69 Å². The number of ether oxygens (including phenoxy) is 3. The molecule has 0 bridgehead atoms. The zero-order valence-electron chi connectivity index (χ0n) is 16.1. The Morgan fingerprint density at radius 2 is 1.79 bits per heavy atom. The minimum Gasteiger partial charge on any atom is -0.494 e. The number of carbonyl (C=O) groups excluding carboxylic acids is 2. The van der Waals surface area contributed by atoms with E-state index in [0.717, 1.165) is 12.2 Å². The lowest BCUT2D eigenvalue weighted by atomic mass is 10.2. The first-order valence-electron chi connectivity index (χ1n) is 9.04. The summed E-state index contributed by atoms with van der Waals surface area (Å²) in [5.41, 5.74) is 1.18. The van der Waals surface area contributed by atoms with Crippen molar-refractivity contribution in [2.24, 2.45) is 0 Å². The molecule has 0 aromatic heterocycles. The van der Waals surface area contributed by atoms with E-state index in [1.54, 1.807) is 36.0 Å². The molecule has 0 fully saturated rings. The number of carbonyl (C=O) groups is 2. The zero-order valence-corrected chi connectivity index (χ0v) is 16.9. The lowest BCUT2D eigenvalue weighted by molar-refractivity contribution is -0.113. The summed E-state index contributed by atoms with van der Waals surface area (Å²) in [6.07, 6.45) is 0.812. The Morgan fingerprint density at radius 3 is 2.50 bits per heavy atom. The molecular formula is C21H25NO5S. The van der Waals surface area contributed by atoms with E-state index in [1.807, 2.05) is 31.2 Å². The van der Waals surface area contributed by atoms with E-state index in [-0.39, 0.29) is 11.9 Å². The van der Waals surface area contributed by atoms with Gasteiger partial charge in [-0.25, -0.2) is 4.79 Å². The molecule has 0 saturated carbocycles. The highest BCUT2D eigenvalue weighted by Gasteiger charge is 2.07. The maximum atomic E-state index is 12.1. The fourth-order valence-corrected chi connectivity index (χ4v) is 3.08. The van der Waals surface area contributed by atoms with Gasteiger partial charge in [-0.2, -0.15) is 11.8 Å². The summed E-state index contributed by atoms with van der Waals surface area (Å²) in [6.45, 7) is 3.00. The van der Waals surface area contributed by atoms with Crippen LogP contribution in [-0.2, 0) is 9.53 Å². The highest BCUT2D eigenvalue weighted by molar-refractivity contribution is 7.99. The van der Waals surface area contributed by atoms with E-state index in [2.05, 4.69) is 10.1 Å². The molecule has 7 heteroatoms. The van der Waals surface area contributed by atoms with E-state index in [4.69, 9.17) is 9.47 Å². The first-order valence-corrected chi connectivity index (χ1v) is 10.2. The van der Waals surface area contributed by atoms with E-state index in [0.29, 0.717) is 41.7 Å². The molecule has 0 saturated heterocycles. The minimum atomic E-state index is -0.370. The fraction of sp³-hybridized carbons (Fsp3) is 0.333. The lowest BCUT2D eigenvalue weighted by Gasteiger charge is -2.11. The molecule has 0 radical (unpaired) electrons. The number of thioether (sulfide) groups is 1. The first kappa shape index (κ1) is 21.6. The van der Waals surface area contributed by atoms with Gasteiger partial charge in [0, 0.05) is 0 Å². The Morgan fingerprint density at radius 1 is 1.04 bits per heavy atom. The van der Waals surface area contributed by atoms with Crippen molar-refractivity contribution in [2.75, 3.05) is 37.1 Å². The van der Waals surface area contributed by atoms with Crippen molar-refractivity contribution >= 4 is 29.3 Å². The molecule has 0 heterocycles. The Kier molecular flexibility index (Phi) is 9.21. The Bertz CT molecular complexity index is 764. The fourth-order valence-electron chi connectivity index (χ4n) is 2.36. The van der Waals surface area contributed by atoms with Crippen molar-refractivity contribution in [3.05, 3.63) is 54.1 Å². The topological polar surface area (TPSA) is 73.9 Å². The molecule has 0 aliphatic rings. The number of esters is 1. The smallest absolute Gasteiger partial charge is 0.337 e. The number of methoxy groups -OCH3 is 1. The summed E-state index contributed by atoms with van der Waals surface area (Å²) in [4.78, 5) is 23.5. The number of amides is 1. The van der Waals surface area contributed by atoms with E-state index in [9.17, 15) is 9.59 Å². The largest absolute Gasteiger partial charge is 0.494 e.